The van der Waals surface area contributed by atoms with E-state index in [0.717, 1.165) is 13.8 Å². The van der Waals surface area contributed by atoms with Crippen molar-refractivity contribution < 1.29 is 8.78 Å². The van der Waals surface area contributed by atoms with Crippen LogP contribution in [0.2, 0.25) is 0 Å². The van der Waals surface area contributed by atoms with E-state index >= 15 is 0 Å². The Balaban J connectivity index is 2.24. The fourth-order valence-corrected chi connectivity index (χ4v) is 1.83. The Bertz CT molecular complexity index is 484. The average Bonchev–Trinajstić information content (AvgIpc) is 2.65. The van der Waals surface area contributed by atoms with Crippen LogP contribution in [0, 0.1) is 3.57 Å². The third-order valence-electron chi connectivity index (χ3n) is 1.94. The molecule has 0 saturated carbocycles. The summed E-state index contributed by atoms with van der Waals surface area (Å²) in [6.45, 7) is -0.420. The molecule has 1 heterocycles. The van der Waals surface area contributed by atoms with Crippen molar-refractivity contribution in [3.63, 3.8) is 0 Å². The topological polar surface area (TPSA) is 30.7 Å². The summed E-state index contributed by atoms with van der Waals surface area (Å²) < 4.78 is 26.4. The lowest BCUT2D eigenvalue weighted by Gasteiger charge is -1.98. The van der Waals surface area contributed by atoms with Crippen LogP contribution in [0.5, 0.6) is 0 Å². The van der Waals surface area contributed by atoms with Crippen LogP contribution in [0.3, 0.4) is 0 Å². The normalized spacial score (nSPS) is 11.0. The van der Waals surface area contributed by atoms with Crippen molar-refractivity contribution in [2.24, 2.45) is 0 Å². The van der Waals surface area contributed by atoms with Crippen LogP contribution in [0.25, 0.3) is 11.4 Å². The molecule has 0 N–H and O–H groups in total. The molecular weight excluding hydrogens is 327 g/mol. The first kappa shape index (κ1) is 11.4. The quantitative estimate of drug-likeness (QED) is 0.808. The Morgan fingerprint density at radius 2 is 2.19 bits per heavy atom. The highest BCUT2D eigenvalue weighted by atomic mass is 127. The van der Waals surface area contributed by atoms with Gasteiger partial charge in [0.2, 0.25) is 0 Å². The monoisotopic (exact) mass is 335 g/mol. The van der Waals surface area contributed by atoms with Crippen molar-refractivity contribution in [2.75, 3.05) is 0 Å². The standard InChI is InChI=1S/C10H8F2IN3/c11-9(12)5-16-6-14-10(15-16)7-2-1-3-8(13)4-7/h1-4,6,9H,5H2. The fourth-order valence-electron chi connectivity index (χ4n) is 1.28. The Morgan fingerprint density at radius 1 is 1.38 bits per heavy atom. The number of aromatic nitrogens is 3. The van der Waals surface area contributed by atoms with E-state index in [9.17, 15) is 8.78 Å². The second kappa shape index (κ2) is 4.86. The molecule has 0 atom stereocenters. The zero-order valence-corrected chi connectivity index (χ0v) is 10.3. The van der Waals surface area contributed by atoms with Gasteiger partial charge in [-0.15, -0.1) is 0 Å². The van der Waals surface area contributed by atoms with E-state index in [4.69, 9.17) is 0 Å². The number of alkyl halides is 2. The molecule has 0 amide bonds. The number of hydrogen-bond donors (Lipinski definition) is 0. The molecule has 0 fully saturated rings. The molecular formula is C10H8F2IN3. The van der Waals surface area contributed by atoms with Gasteiger partial charge in [0, 0.05) is 9.13 Å². The molecule has 0 bridgehead atoms. The van der Waals surface area contributed by atoms with Gasteiger partial charge in [-0.05, 0) is 34.7 Å². The van der Waals surface area contributed by atoms with Crippen LogP contribution >= 0.6 is 22.6 Å². The summed E-state index contributed by atoms with van der Waals surface area (Å²) in [6, 6.07) is 7.58. The zero-order valence-electron chi connectivity index (χ0n) is 8.15. The molecule has 0 spiro atoms. The number of nitrogens with zero attached hydrogens (tertiary/aromatic N) is 3. The van der Waals surface area contributed by atoms with Gasteiger partial charge >= 0.3 is 0 Å². The molecule has 0 aliphatic carbocycles. The Labute approximate surface area is 105 Å². The molecule has 1 aromatic carbocycles. The van der Waals surface area contributed by atoms with Gasteiger partial charge in [0.05, 0.1) is 0 Å². The lowest BCUT2D eigenvalue weighted by atomic mass is 10.2. The van der Waals surface area contributed by atoms with Crippen molar-refractivity contribution in [3.8, 4) is 11.4 Å². The second-order valence-corrected chi connectivity index (χ2v) is 4.44. The number of halogens is 3. The van der Waals surface area contributed by atoms with E-state index in [2.05, 4.69) is 32.7 Å². The minimum Gasteiger partial charge on any atom is -0.247 e. The summed E-state index contributed by atoms with van der Waals surface area (Å²) in [5.74, 6) is 0.471. The Morgan fingerprint density at radius 3 is 2.88 bits per heavy atom. The maximum absolute atomic E-state index is 12.1. The van der Waals surface area contributed by atoms with E-state index in [1.165, 1.54) is 6.33 Å². The van der Waals surface area contributed by atoms with Gasteiger partial charge in [-0.2, -0.15) is 5.10 Å². The molecule has 0 aliphatic heterocycles. The van der Waals surface area contributed by atoms with Crippen LogP contribution in [0.1, 0.15) is 0 Å². The first-order valence-corrected chi connectivity index (χ1v) is 5.66. The van der Waals surface area contributed by atoms with Crippen LogP contribution in [-0.4, -0.2) is 21.2 Å². The molecule has 2 aromatic rings. The minimum absolute atomic E-state index is 0.420. The van der Waals surface area contributed by atoms with E-state index in [1.54, 1.807) is 0 Å². The summed E-state index contributed by atoms with van der Waals surface area (Å²) in [7, 11) is 0. The molecule has 84 valence electrons. The molecule has 0 aliphatic rings. The number of rotatable bonds is 3. The smallest absolute Gasteiger partial charge is 0.247 e. The van der Waals surface area contributed by atoms with Crippen molar-refractivity contribution in [1.29, 1.82) is 0 Å². The highest BCUT2D eigenvalue weighted by Crippen LogP contribution is 2.17. The van der Waals surface area contributed by atoms with E-state index in [0.29, 0.717) is 5.82 Å². The fraction of sp³-hybridized carbons (Fsp3) is 0.200. The highest BCUT2D eigenvalue weighted by molar-refractivity contribution is 14.1. The Hall–Kier alpha value is -1.05. The molecule has 16 heavy (non-hydrogen) atoms. The van der Waals surface area contributed by atoms with Gasteiger partial charge in [-0.3, -0.25) is 0 Å². The summed E-state index contributed by atoms with van der Waals surface area (Å²) in [6.07, 6.45) is -1.09. The van der Waals surface area contributed by atoms with Gasteiger partial charge in [0.1, 0.15) is 12.9 Å². The molecule has 2 rings (SSSR count). The Kier molecular flexibility index (Phi) is 3.47. The third kappa shape index (κ3) is 2.75. The van der Waals surface area contributed by atoms with Crippen molar-refractivity contribution in [1.82, 2.24) is 14.8 Å². The van der Waals surface area contributed by atoms with Crippen molar-refractivity contribution in [2.45, 2.75) is 13.0 Å². The number of hydrogen-bond acceptors (Lipinski definition) is 2. The van der Waals surface area contributed by atoms with E-state index < -0.39 is 13.0 Å². The molecule has 0 unspecified atom stereocenters. The average molecular weight is 335 g/mol. The van der Waals surface area contributed by atoms with Crippen molar-refractivity contribution >= 4 is 22.6 Å². The summed E-state index contributed by atoms with van der Waals surface area (Å²) in [5, 5.41) is 3.98. The van der Waals surface area contributed by atoms with Crippen LogP contribution in [-0.2, 0) is 6.54 Å². The summed E-state index contributed by atoms with van der Waals surface area (Å²) >= 11 is 2.18. The van der Waals surface area contributed by atoms with E-state index in [1.807, 2.05) is 24.3 Å². The number of benzene rings is 1. The van der Waals surface area contributed by atoms with Gasteiger partial charge < -0.3 is 0 Å². The van der Waals surface area contributed by atoms with Gasteiger partial charge in [0.15, 0.2) is 5.82 Å². The predicted molar refractivity (Wildman–Crippen MR) is 64.2 cm³/mol. The molecule has 0 saturated heterocycles. The molecule has 3 nitrogen and oxygen atoms in total. The first-order chi connectivity index (χ1) is 7.65. The second-order valence-electron chi connectivity index (χ2n) is 3.19. The highest BCUT2D eigenvalue weighted by Gasteiger charge is 2.08. The molecule has 6 heteroatoms. The van der Waals surface area contributed by atoms with Crippen LogP contribution in [0.15, 0.2) is 30.6 Å². The van der Waals surface area contributed by atoms with Gasteiger partial charge in [-0.25, -0.2) is 18.4 Å². The molecule has 1 aromatic heterocycles. The maximum atomic E-state index is 12.1. The predicted octanol–water partition coefficient (Wildman–Crippen LogP) is 2.81. The van der Waals surface area contributed by atoms with Crippen molar-refractivity contribution in [3.05, 3.63) is 34.2 Å². The SMILES string of the molecule is FC(F)Cn1cnc(-c2cccc(I)c2)n1. The molecule has 0 radical (unpaired) electrons. The largest absolute Gasteiger partial charge is 0.257 e. The third-order valence-corrected chi connectivity index (χ3v) is 2.62. The zero-order chi connectivity index (χ0) is 11.5. The lowest BCUT2D eigenvalue weighted by molar-refractivity contribution is 0.122. The van der Waals surface area contributed by atoms with Gasteiger partial charge in [0.25, 0.3) is 6.43 Å². The summed E-state index contributed by atoms with van der Waals surface area (Å²) in [5.41, 5.74) is 0.833. The van der Waals surface area contributed by atoms with Crippen LogP contribution in [0.4, 0.5) is 8.78 Å². The lowest BCUT2D eigenvalue weighted by Crippen LogP contribution is -2.06. The maximum Gasteiger partial charge on any atom is 0.257 e. The van der Waals surface area contributed by atoms with E-state index in [-0.39, 0.29) is 0 Å². The van der Waals surface area contributed by atoms with Crippen LogP contribution < -0.4 is 0 Å². The first-order valence-electron chi connectivity index (χ1n) is 4.58. The summed E-state index contributed by atoms with van der Waals surface area (Å²) in [4.78, 5) is 4.00. The van der Waals surface area contributed by atoms with Gasteiger partial charge in [-0.1, -0.05) is 12.1 Å². The minimum atomic E-state index is -2.41.